The van der Waals surface area contributed by atoms with Gasteiger partial charge in [0.2, 0.25) is 0 Å². The van der Waals surface area contributed by atoms with Gasteiger partial charge in [-0.1, -0.05) is 48.2 Å². The van der Waals surface area contributed by atoms with Gasteiger partial charge in [-0.05, 0) is 44.6 Å². The highest BCUT2D eigenvalue weighted by Crippen LogP contribution is 2.36. The van der Waals surface area contributed by atoms with Gasteiger partial charge in [-0.3, -0.25) is 4.79 Å². The number of hydrogen-bond donors (Lipinski definition) is 1. The summed E-state index contributed by atoms with van der Waals surface area (Å²) < 4.78 is 11.9. The number of aromatic nitrogens is 2. The number of benzene rings is 1. The quantitative estimate of drug-likeness (QED) is 0.420. The van der Waals surface area contributed by atoms with Crippen molar-refractivity contribution in [3.8, 4) is 0 Å². The number of amides is 1. The molecule has 9 heteroatoms. The third-order valence-corrected chi connectivity index (χ3v) is 7.81. The Morgan fingerprint density at radius 3 is 2.71 bits per heavy atom. The molecule has 0 spiro atoms. The maximum absolute atomic E-state index is 13.4. The second-order valence-electron chi connectivity index (χ2n) is 7.99. The van der Waals surface area contributed by atoms with Crippen LogP contribution in [0.3, 0.4) is 0 Å². The number of ether oxygens (including phenoxy) is 1. The summed E-state index contributed by atoms with van der Waals surface area (Å²) in [5.74, 6) is 0.473. The van der Waals surface area contributed by atoms with Gasteiger partial charge in [0.1, 0.15) is 16.1 Å². The van der Waals surface area contributed by atoms with Crippen LogP contribution in [0, 0.1) is 12.8 Å². The number of aryl methyl sites for hydroxylation is 1. The Hall–Kier alpha value is -2.39. The van der Waals surface area contributed by atoms with Crippen molar-refractivity contribution in [1.82, 2.24) is 15.5 Å². The van der Waals surface area contributed by atoms with Crippen molar-refractivity contribution >= 4 is 45.9 Å². The van der Waals surface area contributed by atoms with Crippen LogP contribution in [0.1, 0.15) is 53.7 Å². The molecule has 1 amide bonds. The first kappa shape index (κ1) is 21.8. The third-order valence-electron chi connectivity index (χ3n) is 5.81. The van der Waals surface area contributed by atoms with E-state index in [1.165, 1.54) is 30.2 Å². The smallest absolute Gasteiger partial charge is 0.331 e. The summed E-state index contributed by atoms with van der Waals surface area (Å²) in [5, 5.41) is 13.0. The third kappa shape index (κ3) is 4.48. The Bertz CT molecular complexity index is 1100. The Kier molecular flexibility index (Phi) is 6.34. The van der Waals surface area contributed by atoms with E-state index in [4.69, 9.17) is 9.15 Å². The number of hydrogen-bond acceptors (Lipinski definition) is 8. The van der Waals surface area contributed by atoms with E-state index >= 15 is 0 Å². The van der Waals surface area contributed by atoms with Crippen molar-refractivity contribution in [2.24, 2.45) is 5.92 Å². The van der Waals surface area contributed by atoms with Gasteiger partial charge in [0.15, 0.2) is 10.1 Å². The summed E-state index contributed by atoms with van der Waals surface area (Å²) in [7, 11) is 1.36. The number of fused-ring (bicyclic) bond motifs is 1. The first-order chi connectivity index (χ1) is 14.9. The van der Waals surface area contributed by atoms with Crippen LogP contribution in [0.25, 0.3) is 11.0 Å². The minimum Gasteiger partial charge on any atom is -0.467 e. The molecule has 4 rings (SSSR count). The number of para-hydroxylation sites is 1. The molecule has 3 aromatic rings. The summed E-state index contributed by atoms with van der Waals surface area (Å²) in [4.78, 5) is 26.0. The first-order valence-electron chi connectivity index (χ1n) is 10.3. The van der Waals surface area contributed by atoms with Gasteiger partial charge in [-0.2, -0.15) is 0 Å². The zero-order valence-corrected chi connectivity index (χ0v) is 19.4. The number of thioether (sulfide) groups is 1. The second-order valence-corrected chi connectivity index (χ2v) is 10.4. The maximum atomic E-state index is 13.4. The molecule has 1 saturated carbocycles. The number of rotatable bonds is 6. The van der Waals surface area contributed by atoms with Crippen molar-refractivity contribution in [3.05, 3.63) is 40.6 Å². The van der Waals surface area contributed by atoms with Gasteiger partial charge in [0, 0.05) is 16.7 Å². The van der Waals surface area contributed by atoms with E-state index in [-0.39, 0.29) is 11.7 Å². The van der Waals surface area contributed by atoms with E-state index in [9.17, 15) is 9.59 Å². The molecule has 2 heterocycles. The molecule has 1 fully saturated rings. The van der Waals surface area contributed by atoms with Crippen molar-refractivity contribution in [2.45, 2.75) is 55.2 Å². The average molecular weight is 460 g/mol. The monoisotopic (exact) mass is 459 g/mol. The lowest BCUT2D eigenvalue weighted by Crippen LogP contribution is -2.56. The fourth-order valence-electron chi connectivity index (χ4n) is 4.00. The molecular formula is C22H25N3O4S2. The fourth-order valence-corrected chi connectivity index (χ4v) is 5.84. The lowest BCUT2D eigenvalue weighted by Gasteiger charge is -2.37. The molecule has 1 N–H and O–H groups in total. The fraction of sp³-hybridized carbons (Fsp3) is 0.455. The Morgan fingerprint density at radius 1 is 1.29 bits per heavy atom. The molecule has 0 unspecified atom stereocenters. The van der Waals surface area contributed by atoms with E-state index in [0.717, 1.165) is 33.1 Å². The summed E-state index contributed by atoms with van der Waals surface area (Å²) in [6.07, 6.45) is 2.82. The lowest BCUT2D eigenvalue weighted by molar-refractivity contribution is -0.150. The zero-order chi connectivity index (χ0) is 22.0. The van der Waals surface area contributed by atoms with Crippen molar-refractivity contribution in [1.29, 1.82) is 0 Å². The summed E-state index contributed by atoms with van der Waals surface area (Å²) in [6.45, 7) is 4.07. The van der Waals surface area contributed by atoms with Gasteiger partial charge in [-0.15, -0.1) is 10.2 Å². The van der Waals surface area contributed by atoms with Crippen molar-refractivity contribution in [3.63, 3.8) is 0 Å². The lowest BCUT2D eigenvalue weighted by atomic mass is 9.77. The summed E-state index contributed by atoms with van der Waals surface area (Å²) in [5.41, 5.74) is 0.411. The highest BCUT2D eigenvalue weighted by Gasteiger charge is 2.44. The standard InChI is InChI=1S/C22H25N3O4S2/c1-13-8-10-22(11-9-13,20(27)28-3)23-19(26)18-16(12-30-21-25-24-14(2)31-21)15-6-4-5-7-17(15)29-18/h4-7,13H,8-12H2,1-3H3,(H,23,26). The largest absolute Gasteiger partial charge is 0.467 e. The summed E-state index contributed by atoms with van der Waals surface area (Å²) >= 11 is 3.03. The maximum Gasteiger partial charge on any atom is 0.331 e. The highest BCUT2D eigenvalue weighted by molar-refractivity contribution is 8.00. The molecular weight excluding hydrogens is 434 g/mol. The first-order valence-corrected chi connectivity index (χ1v) is 12.1. The van der Waals surface area contributed by atoms with Crippen LogP contribution in [-0.2, 0) is 15.3 Å². The molecule has 1 aliphatic carbocycles. The normalized spacial score (nSPS) is 21.2. The van der Waals surface area contributed by atoms with Crippen molar-refractivity contribution in [2.75, 3.05) is 7.11 Å². The Balaban J connectivity index is 1.64. The Morgan fingerprint density at radius 2 is 2.03 bits per heavy atom. The minimum absolute atomic E-state index is 0.233. The van der Waals surface area contributed by atoms with E-state index in [1.807, 2.05) is 31.2 Å². The second kappa shape index (κ2) is 9.00. The number of furan rings is 1. The Labute approximate surface area is 188 Å². The predicted octanol–water partition coefficient (Wildman–Crippen LogP) is 4.74. The molecule has 0 aliphatic heterocycles. The number of nitrogens with zero attached hydrogens (tertiary/aromatic N) is 2. The molecule has 1 aromatic carbocycles. The van der Waals surface area contributed by atoms with Crippen LogP contribution in [0.4, 0.5) is 0 Å². The molecule has 31 heavy (non-hydrogen) atoms. The number of methoxy groups -OCH3 is 1. The number of nitrogens with one attached hydrogen (secondary N) is 1. The van der Waals surface area contributed by atoms with Crippen LogP contribution in [0.5, 0.6) is 0 Å². The predicted molar refractivity (Wildman–Crippen MR) is 120 cm³/mol. The topological polar surface area (TPSA) is 94.3 Å². The SMILES string of the molecule is COC(=O)C1(NC(=O)c2oc3ccccc3c2CSc2nnc(C)s2)CCC(C)CC1. The number of esters is 1. The van der Waals surface area contributed by atoms with E-state index < -0.39 is 11.5 Å². The van der Waals surface area contributed by atoms with Gasteiger partial charge in [-0.25, -0.2) is 4.79 Å². The van der Waals surface area contributed by atoms with Crippen LogP contribution in [-0.4, -0.2) is 34.7 Å². The van der Waals surface area contributed by atoms with Crippen LogP contribution in [0.15, 0.2) is 33.0 Å². The molecule has 164 valence electrons. The van der Waals surface area contributed by atoms with Crippen molar-refractivity contribution < 1.29 is 18.7 Å². The number of carbonyl (C=O) groups excluding carboxylic acids is 2. The molecule has 0 radical (unpaired) electrons. The molecule has 2 aromatic heterocycles. The highest BCUT2D eigenvalue weighted by atomic mass is 32.2. The van der Waals surface area contributed by atoms with E-state index in [2.05, 4.69) is 22.4 Å². The van der Waals surface area contributed by atoms with Crippen LogP contribution in [0.2, 0.25) is 0 Å². The van der Waals surface area contributed by atoms with Gasteiger partial charge >= 0.3 is 5.97 Å². The average Bonchev–Trinajstić information content (AvgIpc) is 3.36. The molecule has 7 nitrogen and oxygen atoms in total. The molecule has 1 aliphatic rings. The van der Waals surface area contributed by atoms with E-state index in [0.29, 0.717) is 30.1 Å². The molecule has 0 saturated heterocycles. The van der Waals surface area contributed by atoms with Crippen LogP contribution >= 0.6 is 23.1 Å². The number of carbonyl (C=O) groups is 2. The van der Waals surface area contributed by atoms with Crippen LogP contribution < -0.4 is 5.32 Å². The molecule has 0 atom stereocenters. The zero-order valence-electron chi connectivity index (χ0n) is 17.8. The van der Waals surface area contributed by atoms with E-state index in [1.54, 1.807) is 0 Å². The summed E-state index contributed by atoms with van der Waals surface area (Å²) in [6, 6.07) is 7.57. The van der Waals surface area contributed by atoms with Gasteiger partial charge in [0.25, 0.3) is 5.91 Å². The van der Waals surface area contributed by atoms with Gasteiger partial charge < -0.3 is 14.5 Å². The molecule has 0 bridgehead atoms. The minimum atomic E-state index is -1.02. The van der Waals surface area contributed by atoms with Gasteiger partial charge in [0.05, 0.1) is 7.11 Å².